The maximum absolute atomic E-state index is 12.2. The van der Waals surface area contributed by atoms with Crippen molar-refractivity contribution in [2.24, 2.45) is 7.05 Å². The number of hydrogen-bond donors (Lipinski definition) is 1. The Kier molecular flexibility index (Phi) is 6.91. The lowest BCUT2D eigenvalue weighted by atomic mass is 10.2. The van der Waals surface area contributed by atoms with E-state index in [1.165, 1.54) is 31.0 Å². The molecule has 9 heteroatoms. The van der Waals surface area contributed by atoms with E-state index in [9.17, 15) is 14.4 Å². The van der Waals surface area contributed by atoms with Crippen LogP contribution in [0.5, 0.6) is 11.5 Å². The summed E-state index contributed by atoms with van der Waals surface area (Å²) in [4.78, 5) is 35.3. The van der Waals surface area contributed by atoms with Gasteiger partial charge in [-0.3, -0.25) is 14.3 Å². The number of aromatic nitrogens is 2. The molecule has 2 rings (SSSR count). The highest BCUT2D eigenvalue weighted by Crippen LogP contribution is 2.28. The summed E-state index contributed by atoms with van der Waals surface area (Å²) in [6.07, 6.45) is 4.17. The molecule has 0 radical (unpaired) electrons. The first-order valence-corrected chi connectivity index (χ1v) is 8.40. The van der Waals surface area contributed by atoms with Crippen molar-refractivity contribution < 1.29 is 28.6 Å². The predicted molar refractivity (Wildman–Crippen MR) is 101 cm³/mol. The number of nitrogens with zero attached hydrogens (tertiary/aromatic N) is 2. The molecule has 0 aliphatic rings. The zero-order valence-electron chi connectivity index (χ0n) is 16.0. The maximum Gasteiger partial charge on any atom is 0.343 e. The van der Waals surface area contributed by atoms with Crippen LogP contribution in [0.4, 0.5) is 5.82 Å². The number of benzene rings is 1. The molecule has 0 bridgehead atoms. The molecule has 1 amide bonds. The van der Waals surface area contributed by atoms with Gasteiger partial charge < -0.3 is 19.5 Å². The van der Waals surface area contributed by atoms with Gasteiger partial charge in [0.15, 0.2) is 11.5 Å². The molecule has 1 aromatic carbocycles. The lowest BCUT2D eigenvalue weighted by molar-refractivity contribution is -0.132. The van der Waals surface area contributed by atoms with Crippen molar-refractivity contribution in [3.63, 3.8) is 0 Å². The molecule has 1 aromatic heterocycles. The molecule has 0 saturated carbocycles. The first kappa shape index (κ1) is 20.7. The van der Waals surface area contributed by atoms with Crippen molar-refractivity contribution >= 4 is 29.7 Å². The van der Waals surface area contributed by atoms with Gasteiger partial charge >= 0.3 is 11.9 Å². The lowest BCUT2D eigenvalue weighted by Crippen LogP contribution is -2.15. The minimum atomic E-state index is -0.569. The van der Waals surface area contributed by atoms with Crippen LogP contribution < -0.4 is 14.8 Å². The van der Waals surface area contributed by atoms with Gasteiger partial charge in [-0.25, -0.2) is 4.79 Å². The molecule has 1 N–H and O–H groups in total. The first-order valence-electron chi connectivity index (χ1n) is 8.40. The number of rotatable bonds is 7. The van der Waals surface area contributed by atoms with E-state index in [2.05, 4.69) is 10.4 Å². The Labute approximate surface area is 161 Å². The van der Waals surface area contributed by atoms with E-state index < -0.39 is 17.8 Å². The molecule has 0 fully saturated rings. The second-order valence-electron chi connectivity index (χ2n) is 5.58. The molecule has 0 atom stereocenters. The van der Waals surface area contributed by atoms with Gasteiger partial charge in [-0.1, -0.05) is 6.07 Å². The standard InChI is InChI=1S/C19H21N3O6/c1-5-27-19(25)14-11-20-22(3)18(14)21-17(24)9-7-13-6-8-15(28-12(2)23)16(10-13)26-4/h6-11H,5H2,1-4H3,(H,21,24)/b9-7+. The highest BCUT2D eigenvalue weighted by molar-refractivity contribution is 6.05. The fourth-order valence-corrected chi connectivity index (χ4v) is 2.30. The van der Waals surface area contributed by atoms with Crippen molar-refractivity contribution in [2.75, 3.05) is 19.0 Å². The second-order valence-corrected chi connectivity index (χ2v) is 5.58. The van der Waals surface area contributed by atoms with Crippen LogP contribution in [0.15, 0.2) is 30.5 Å². The fraction of sp³-hybridized carbons (Fsp3) is 0.263. The molecule has 1 heterocycles. The van der Waals surface area contributed by atoms with Crippen molar-refractivity contribution in [1.82, 2.24) is 9.78 Å². The Bertz CT molecular complexity index is 916. The van der Waals surface area contributed by atoms with Crippen LogP contribution in [0.3, 0.4) is 0 Å². The van der Waals surface area contributed by atoms with E-state index in [1.54, 1.807) is 38.2 Å². The molecule has 148 valence electrons. The number of esters is 2. The van der Waals surface area contributed by atoms with E-state index in [1.807, 2.05) is 0 Å². The average molecular weight is 387 g/mol. The normalized spacial score (nSPS) is 10.6. The van der Waals surface area contributed by atoms with Gasteiger partial charge in [0.25, 0.3) is 0 Å². The molecule has 28 heavy (non-hydrogen) atoms. The average Bonchev–Trinajstić information content (AvgIpc) is 3.01. The first-order chi connectivity index (χ1) is 13.3. The monoisotopic (exact) mass is 387 g/mol. The number of carbonyl (C=O) groups is 3. The third-order valence-electron chi connectivity index (χ3n) is 3.54. The summed E-state index contributed by atoms with van der Waals surface area (Å²) in [6, 6.07) is 4.85. The topological polar surface area (TPSA) is 109 Å². The largest absolute Gasteiger partial charge is 0.493 e. The third kappa shape index (κ3) is 5.19. The Hall–Kier alpha value is -3.62. The smallest absolute Gasteiger partial charge is 0.343 e. The molecule has 0 spiro atoms. The molecule has 0 aliphatic heterocycles. The zero-order chi connectivity index (χ0) is 20.7. The molecule has 0 aliphatic carbocycles. The summed E-state index contributed by atoms with van der Waals surface area (Å²) in [5.41, 5.74) is 0.817. The maximum atomic E-state index is 12.2. The quantitative estimate of drug-likeness (QED) is 0.441. The highest BCUT2D eigenvalue weighted by atomic mass is 16.6. The van der Waals surface area contributed by atoms with Crippen LogP contribution in [0.1, 0.15) is 29.8 Å². The summed E-state index contributed by atoms with van der Waals surface area (Å²) in [5, 5.41) is 6.57. The van der Waals surface area contributed by atoms with Crippen molar-refractivity contribution in [2.45, 2.75) is 13.8 Å². The number of nitrogens with one attached hydrogen (secondary N) is 1. The summed E-state index contributed by atoms with van der Waals surface area (Å²) in [5.74, 6) is -0.622. The van der Waals surface area contributed by atoms with Crippen molar-refractivity contribution in [3.05, 3.63) is 41.6 Å². The number of hydrogen-bond acceptors (Lipinski definition) is 7. The van der Waals surface area contributed by atoms with Crippen LogP contribution in [0, 0.1) is 0 Å². The van der Waals surface area contributed by atoms with E-state index in [4.69, 9.17) is 14.2 Å². The lowest BCUT2D eigenvalue weighted by Gasteiger charge is -2.08. The van der Waals surface area contributed by atoms with Gasteiger partial charge in [-0.05, 0) is 30.7 Å². The van der Waals surface area contributed by atoms with Gasteiger partial charge in [0.1, 0.15) is 11.4 Å². The van der Waals surface area contributed by atoms with Crippen LogP contribution in [0.25, 0.3) is 6.08 Å². The Morgan fingerprint density at radius 1 is 1.25 bits per heavy atom. The van der Waals surface area contributed by atoms with E-state index in [0.717, 1.165) is 0 Å². The number of methoxy groups -OCH3 is 1. The number of carbonyl (C=O) groups excluding carboxylic acids is 3. The van der Waals surface area contributed by atoms with Crippen molar-refractivity contribution in [1.29, 1.82) is 0 Å². The number of ether oxygens (including phenoxy) is 3. The van der Waals surface area contributed by atoms with Gasteiger partial charge in [0.2, 0.25) is 5.91 Å². The van der Waals surface area contributed by atoms with Crippen LogP contribution in [-0.4, -0.2) is 41.3 Å². The predicted octanol–water partition coefficient (Wildman–Crippen LogP) is 2.18. The third-order valence-corrected chi connectivity index (χ3v) is 3.54. The van der Waals surface area contributed by atoms with Gasteiger partial charge in [0, 0.05) is 20.0 Å². The minimum absolute atomic E-state index is 0.165. The molecule has 9 nitrogen and oxygen atoms in total. The molecular weight excluding hydrogens is 366 g/mol. The molecule has 0 unspecified atom stereocenters. The summed E-state index contributed by atoms with van der Waals surface area (Å²) >= 11 is 0. The fourth-order valence-electron chi connectivity index (χ4n) is 2.30. The van der Waals surface area contributed by atoms with Gasteiger partial charge in [-0.2, -0.15) is 5.10 Å². The highest BCUT2D eigenvalue weighted by Gasteiger charge is 2.18. The zero-order valence-corrected chi connectivity index (χ0v) is 16.0. The van der Waals surface area contributed by atoms with Crippen LogP contribution in [-0.2, 0) is 21.4 Å². The van der Waals surface area contributed by atoms with Crippen LogP contribution in [0.2, 0.25) is 0 Å². The number of amides is 1. The van der Waals surface area contributed by atoms with Crippen molar-refractivity contribution in [3.8, 4) is 11.5 Å². The summed E-state index contributed by atoms with van der Waals surface area (Å²) < 4.78 is 16.5. The molecule has 0 saturated heterocycles. The summed E-state index contributed by atoms with van der Waals surface area (Å²) in [6.45, 7) is 3.20. The van der Waals surface area contributed by atoms with Gasteiger partial charge in [0.05, 0.1) is 19.9 Å². The minimum Gasteiger partial charge on any atom is -0.493 e. The Balaban J connectivity index is 2.13. The Morgan fingerprint density at radius 3 is 2.64 bits per heavy atom. The second kappa shape index (κ2) is 9.36. The number of anilines is 1. The van der Waals surface area contributed by atoms with Gasteiger partial charge in [-0.15, -0.1) is 0 Å². The molecular formula is C19H21N3O6. The van der Waals surface area contributed by atoms with E-state index in [0.29, 0.717) is 11.3 Å². The molecule has 2 aromatic rings. The van der Waals surface area contributed by atoms with E-state index in [-0.39, 0.29) is 23.7 Å². The SMILES string of the molecule is CCOC(=O)c1cnn(C)c1NC(=O)/C=C/c1ccc(OC(C)=O)c(OC)c1. The van der Waals surface area contributed by atoms with Crippen LogP contribution >= 0.6 is 0 Å². The van der Waals surface area contributed by atoms with E-state index >= 15 is 0 Å². The number of aryl methyl sites for hydroxylation is 1. The Morgan fingerprint density at radius 2 is 2.00 bits per heavy atom. The summed E-state index contributed by atoms with van der Waals surface area (Å²) in [7, 11) is 3.04.